The summed E-state index contributed by atoms with van der Waals surface area (Å²) >= 11 is 6.77. The van der Waals surface area contributed by atoms with E-state index in [0.29, 0.717) is 11.4 Å². The fourth-order valence-electron chi connectivity index (χ4n) is 1.59. The van der Waals surface area contributed by atoms with E-state index in [4.69, 9.17) is 0 Å². The summed E-state index contributed by atoms with van der Waals surface area (Å²) in [7, 11) is 0. The van der Waals surface area contributed by atoms with Crippen molar-refractivity contribution in [3.8, 4) is 0 Å². The third-order valence-electron chi connectivity index (χ3n) is 2.71. The molecule has 0 aliphatic carbocycles. The number of benzene rings is 1. The van der Waals surface area contributed by atoms with Gasteiger partial charge in [-0.25, -0.2) is 4.98 Å². The van der Waals surface area contributed by atoms with Crippen molar-refractivity contribution in [2.24, 2.45) is 0 Å². The maximum Gasteiger partial charge on any atom is 0.256 e. The Morgan fingerprint density at radius 1 is 1.16 bits per heavy atom. The maximum absolute atomic E-state index is 12.1. The van der Waals surface area contributed by atoms with Gasteiger partial charge in [0.1, 0.15) is 5.82 Å². The number of carbonyl (C=O) groups is 1. The van der Waals surface area contributed by atoms with Crippen molar-refractivity contribution in [2.45, 2.75) is 13.8 Å². The van der Waals surface area contributed by atoms with Crippen molar-refractivity contribution < 1.29 is 4.79 Å². The molecular formula is C14H12Br2N2O. The van der Waals surface area contributed by atoms with E-state index in [2.05, 4.69) is 42.2 Å². The Balaban J connectivity index is 2.23. The number of aromatic nitrogens is 1. The lowest BCUT2D eigenvalue weighted by Gasteiger charge is -2.08. The monoisotopic (exact) mass is 382 g/mol. The largest absolute Gasteiger partial charge is 0.306 e. The standard InChI is InChI=1S/C14H12Br2N2O/c1-8-3-4-10(6-12(8)16)14(19)18-13-9(2)5-11(15)7-17-13/h3-7H,1-2H3,(H,17,18,19). The molecule has 0 atom stereocenters. The summed E-state index contributed by atoms with van der Waals surface area (Å²) in [5, 5.41) is 2.81. The second-order valence-electron chi connectivity index (χ2n) is 4.24. The topological polar surface area (TPSA) is 42.0 Å². The van der Waals surface area contributed by atoms with Gasteiger partial charge in [-0.2, -0.15) is 0 Å². The van der Waals surface area contributed by atoms with Crippen molar-refractivity contribution in [1.82, 2.24) is 4.98 Å². The molecule has 0 saturated carbocycles. The number of carbonyl (C=O) groups excluding carboxylic acids is 1. The Morgan fingerprint density at radius 3 is 2.53 bits per heavy atom. The number of pyridine rings is 1. The molecule has 0 radical (unpaired) electrons. The Bertz CT molecular complexity index is 641. The number of anilines is 1. The van der Waals surface area contributed by atoms with Crippen molar-refractivity contribution in [2.75, 3.05) is 5.32 Å². The molecule has 1 heterocycles. The van der Waals surface area contributed by atoms with Crippen LogP contribution in [-0.2, 0) is 0 Å². The molecule has 0 spiro atoms. The normalized spacial score (nSPS) is 10.3. The average Bonchev–Trinajstić information content (AvgIpc) is 2.36. The van der Waals surface area contributed by atoms with Crippen LogP contribution in [0.1, 0.15) is 21.5 Å². The van der Waals surface area contributed by atoms with E-state index in [0.717, 1.165) is 20.1 Å². The van der Waals surface area contributed by atoms with E-state index in [-0.39, 0.29) is 5.91 Å². The molecule has 3 nitrogen and oxygen atoms in total. The highest BCUT2D eigenvalue weighted by Crippen LogP contribution is 2.20. The van der Waals surface area contributed by atoms with Gasteiger partial charge in [0.05, 0.1) is 0 Å². The molecule has 0 fully saturated rings. The zero-order valence-corrected chi connectivity index (χ0v) is 13.7. The number of hydrogen-bond donors (Lipinski definition) is 1. The van der Waals surface area contributed by atoms with Gasteiger partial charge in [0, 0.05) is 20.7 Å². The van der Waals surface area contributed by atoms with Gasteiger partial charge in [-0.05, 0) is 59.1 Å². The molecule has 98 valence electrons. The Kier molecular flexibility index (Phi) is 4.37. The lowest BCUT2D eigenvalue weighted by Crippen LogP contribution is -2.14. The summed E-state index contributed by atoms with van der Waals surface area (Å²) < 4.78 is 1.81. The third kappa shape index (κ3) is 3.42. The van der Waals surface area contributed by atoms with Crippen LogP contribution in [-0.4, -0.2) is 10.9 Å². The first kappa shape index (κ1) is 14.2. The number of hydrogen-bond acceptors (Lipinski definition) is 2. The minimum absolute atomic E-state index is 0.168. The predicted octanol–water partition coefficient (Wildman–Crippen LogP) is 4.48. The molecular weight excluding hydrogens is 372 g/mol. The predicted molar refractivity (Wildman–Crippen MR) is 83.5 cm³/mol. The molecule has 0 bridgehead atoms. The molecule has 1 N–H and O–H groups in total. The molecule has 1 aromatic carbocycles. The van der Waals surface area contributed by atoms with Gasteiger partial charge < -0.3 is 5.32 Å². The summed E-state index contributed by atoms with van der Waals surface area (Å²) in [6, 6.07) is 7.41. The van der Waals surface area contributed by atoms with Crippen molar-refractivity contribution in [3.05, 3.63) is 56.1 Å². The van der Waals surface area contributed by atoms with Gasteiger partial charge in [0.2, 0.25) is 0 Å². The number of amides is 1. The molecule has 1 amide bonds. The number of rotatable bonds is 2. The van der Waals surface area contributed by atoms with Gasteiger partial charge in [0.25, 0.3) is 5.91 Å². The van der Waals surface area contributed by atoms with Gasteiger partial charge >= 0.3 is 0 Å². The van der Waals surface area contributed by atoms with Gasteiger partial charge in [-0.1, -0.05) is 22.0 Å². The fraction of sp³-hybridized carbons (Fsp3) is 0.143. The highest BCUT2D eigenvalue weighted by molar-refractivity contribution is 9.10. The Labute approximate surface area is 128 Å². The van der Waals surface area contributed by atoms with E-state index in [9.17, 15) is 4.79 Å². The zero-order valence-electron chi connectivity index (χ0n) is 10.5. The maximum atomic E-state index is 12.1. The van der Waals surface area contributed by atoms with Crippen molar-refractivity contribution >= 4 is 43.6 Å². The second-order valence-corrected chi connectivity index (χ2v) is 6.01. The minimum atomic E-state index is -0.168. The van der Waals surface area contributed by atoms with E-state index in [1.807, 2.05) is 26.0 Å². The van der Waals surface area contributed by atoms with Crippen molar-refractivity contribution in [3.63, 3.8) is 0 Å². The van der Waals surface area contributed by atoms with Crippen LogP contribution in [0.2, 0.25) is 0 Å². The summed E-state index contributed by atoms with van der Waals surface area (Å²) in [5.41, 5.74) is 2.60. The first-order valence-electron chi connectivity index (χ1n) is 5.67. The van der Waals surface area contributed by atoms with Crippen LogP contribution < -0.4 is 5.32 Å². The molecule has 19 heavy (non-hydrogen) atoms. The molecule has 2 rings (SSSR count). The van der Waals surface area contributed by atoms with Crippen LogP contribution in [0.25, 0.3) is 0 Å². The molecule has 5 heteroatoms. The van der Waals surface area contributed by atoms with Crippen LogP contribution in [0.4, 0.5) is 5.82 Å². The Hall–Kier alpha value is -1.20. The van der Waals surface area contributed by atoms with Crippen LogP contribution >= 0.6 is 31.9 Å². The van der Waals surface area contributed by atoms with E-state index in [1.54, 1.807) is 18.3 Å². The van der Waals surface area contributed by atoms with Gasteiger partial charge in [-0.3, -0.25) is 4.79 Å². The molecule has 0 aliphatic heterocycles. The third-order valence-corrected chi connectivity index (χ3v) is 4.00. The first-order chi connectivity index (χ1) is 8.97. The molecule has 0 saturated heterocycles. The SMILES string of the molecule is Cc1ccc(C(=O)Nc2ncc(Br)cc2C)cc1Br. The zero-order chi connectivity index (χ0) is 14.0. The van der Waals surface area contributed by atoms with Crippen LogP contribution in [0.5, 0.6) is 0 Å². The summed E-state index contributed by atoms with van der Waals surface area (Å²) in [5.74, 6) is 0.406. The van der Waals surface area contributed by atoms with E-state index >= 15 is 0 Å². The number of halogens is 2. The highest BCUT2D eigenvalue weighted by atomic mass is 79.9. The van der Waals surface area contributed by atoms with Crippen LogP contribution in [0.15, 0.2) is 39.4 Å². The van der Waals surface area contributed by atoms with E-state index in [1.165, 1.54) is 0 Å². The molecule has 2 aromatic rings. The van der Waals surface area contributed by atoms with Crippen LogP contribution in [0, 0.1) is 13.8 Å². The number of nitrogens with zero attached hydrogens (tertiary/aromatic N) is 1. The summed E-state index contributed by atoms with van der Waals surface area (Å²) in [4.78, 5) is 16.3. The molecule has 1 aromatic heterocycles. The highest BCUT2D eigenvalue weighted by Gasteiger charge is 2.10. The summed E-state index contributed by atoms with van der Waals surface area (Å²) in [6.07, 6.45) is 1.66. The average molecular weight is 384 g/mol. The smallest absolute Gasteiger partial charge is 0.256 e. The molecule has 0 aliphatic rings. The number of nitrogens with one attached hydrogen (secondary N) is 1. The van der Waals surface area contributed by atoms with E-state index < -0.39 is 0 Å². The lowest BCUT2D eigenvalue weighted by atomic mass is 10.1. The quantitative estimate of drug-likeness (QED) is 0.830. The fourth-order valence-corrected chi connectivity index (χ4v) is 2.41. The molecule has 0 unspecified atom stereocenters. The number of aryl methyl sites for hydroxylation is 2. The van der Waals surface area contributed by atoms with Gasteiger partial charge in [0.15, 0.2) is 0 Å². The van der Waals surface area contributed by atoms with Crippen molar-refractivity contribution in [1.29, 1.82) is 0 Å². The summed E-state index contributed by atoms with van der Waals surface area (Å²) in [6.45, 7) is 3.88. The minimum Gasteiger partial charge on any atom is -0.306 e. The van der Waals surface area contributed by atoms with Crippen LogP contribution in [0.3, 0.4) is 0 Å². The first-order valence-corrected chi connectivity index (χ1v) is 7.25. The second kappa shape index (κ2) is 5.84. The van der Waals surface area contributed by atoms with Gasteiger partial charge in [-0.15, -0.1) is 0 Å². The Morgan fingerprint density at radius 2 is 1.89 bits per heavy atom. The lowest BCUT2D eigenvalue weighted by molar-refractivity contribution is 0.102.